The SMILES string of the molecule is CC(=O)N[C@H]1[C@H](O[C@H]2[C@H](O)[C@@H](NC(C)=O)C(O)O[C@@H]2CO[C@@H]2O[C@@H](C)[C@@H](O)[C@@H](O)[C@@H]2O)O[C@H](CO)[C@@H](O[C@@H]2O[C@H](CO)[C@@H](O)[C@H](O[C@H]3O[C@H](CO)[C@@H](O)[C@H](O)[C@@H]3O)[C@@H]2O)[C@@H]1O[C@@H]1O[C@@H](C)[C@@H](O)[C@@H](O)[C@@H]1O. The fourth-order valence-electron chi connectivity index (χ4n) is 9.10. The van der Waals surface area contributed by atoms with Crippen molar-refractivity contribution in [3.8, 4) is 0 Å². The van der Waals surface area contributed by atoms with E-state index in [1.54, 1.807) is 0 Å². The molecule has 6 aliphatic rings. The van der Waals surface area contributed by atoms with E-state index in [4.69, 9.17) is 52.1 Å². The minimum atomic E-state index is -2.20. The standard InChI is InChI=1S/C40H68N2O29/c1-9-19(48)24(53)27(56)37(62-9)61-8-16-31(23(52)17(35(60)64-16)41-11(3)46)68-36-18(42-12(4)47)33(70-38-28(57)25(54)20(49)10(2)63-38)32(15(7-45)67-36)69-40-30(59)34(22(51)14(6-44)66-40)71-39-29(58)26(55)21(50)13(5-43)65-39/h9-10,13-40,43-45,48-60H,5-8H2,1-4H3,(H,41,46)(H,42,47)/t9-,10-,13+,14+,15+,16+,17+,18+,19+,20+,21+,22+,23+,24+,25+,26-,27-,28-,29-,30-,31+,32+,33+,34-,35?,36-,37+,38-,39+,40-/m0/s1. The van der Waals surface area contributed by atoms with Crippen molar-refractivity contribution in [2.24, 2.45) is 0 Å². The molecule has 0 aromatic heterocycles. The molecule has 0 bridgehead atoms. The van der Waals surface area contributed by atoms with E-state index in [2.05, 4.69) is 10.6 Å². The zero-order valence-corrected chi connectivity index (χ0v) is 38.6. The van der Waals surface area contributed by atoms with E-state index < -0.39 is 222 Å². The highest BCUT2D eigenvalue weighted by molar-refractivity contribution is 5.73. The maximum atomic E-state index is 13.1. The highest BCUT2D eigenvalue weighted by Crippen LogP contribution is 2.37. The average Bonchev–Trinajstić information content (AvgIpc) is 3.32. The molecule has 71 heavy (non-hydrogen) atoms. The summed E-state index contributed by atoms with van der Waals surface area (Å²) in [6.07, 6.45) is -51.0. The van der Waals surface area contributed by atoms with Gasteiger partial charge in [-0.2, -0.15) is 0 Å². The van der Waals surface area contributed by atoms with E-state index in [9.17, 15) is 91.3 Å². The van der Waals surface area contributed by atoms with E-state index >= 15 is 0 Å². The van der Waals surface area contributed by atoms with Gasteiger partial charge in [0.25, 0.3) is 0 Å². The molecule has 412 valence electrons. The van der Waals surface area contributed by atoms with Gasteiger partial charge in [-0.05, 0) is 13.8 Å². The third-order valence-electron chi connectivity index (χ3n) is 13.1. The first-order valence-electron chi connectivity index (χ1n) is 22.8. The van der Waals surface area contributed by atoms with E-state index in [-0.39, 0.29) is 0 Å². The lowest BCUT2D eigenvalue weighted by Crippen LogP contribution is -2.71. The summed E-state index contributed by atoms with van der Waals surface area (Å²) in [6, 6.07) is -3.46. The van der Waals surface area contributed by atoms with Crippen molar-refractivity contribution in [2.45, 2.75) is 212 Å². The van der Waals surface area contributed by atoms with Crippen LogP contribution >= 0.6 is 0 Å². The van der Waals surface area contributed by atoms with Crippen LogP contribution < -0.4 is 10.6 Å². The van der Waals surface area contributed by atoms with Gasteiger partial charge in [-0.1, -0.05) is 0 Å². The van der Waals surface area contributed by atoms with Crippen LogP contribution in [0, 0.1) is 0 Å². The second kappa shape index (κ2) is 24.7. The quantitative estimate of drug-likeness (QED) is 0.0682. The molecule has 0 radical (unpaired) electrons. The van der Waals surface area contributed by atoms with E-state index in [1.165, 1.54) is 13.8 Å². The molecular formula is C40H68N2O29. The Balaban J connectivity index is 1.36. The molecule has 0 aliphatic carbocycles. The lowest BCUT2D eigenvalue weighted by atomic mass is 9.93. The van der Waals surface area contributed by atoms with Gasteiger partial charge < -0.3 is 144 Å². The first-order valence-corrected chi connectivity index (χ1v) is 22.8. The monoisotopic (exact) mass is 1040 g/mol. The van der Waals surface area contributed by atoms with Crippen molar-refractivity contribution in [3.05, 3.63) is 0 Å². The summed E-state index contributed by atoms with van der Waals surface area (Å²) in [5.74, 6) is -1.63. The average molecular weight is 1040 g/mol. The van der Waals surface area contributed by atoms with Gasteiger partial charge in [0.05, 0.1) is 38.6 Å². The summed E-state index contributed by atoms with van der Waals surface area (Å²) < 4.78 is 64.3. The highest BCUT2D eigenvalue weighted by Gasteiger charge is 2.58. The van der Waals surface area contributed by atoms with Gasteiger partial charge >= 0.3 is 0 Å². The molecule has 0 spiro atoms. The van der Waals surface area contributed by atoms with E-state index in [1.807, 2.05) is 0 Å². The molecule has 6 heterocycles. The van der Waals surface area contributed by atoms with Crippen LogP contribution in [0.4, 0.5) is 0 Å². The van der Waals surface area contributed by atoms with Gasteiger partial charge in [-0.3, -0.25) is 9.59 Å². The maximum Gasteiger partial charge on any atom is 0.217 e. The summed E-state index contributed by atoms with van der Waals surface area (Å²) in [5, 5.41) is 176. The Bertz CT molecular complexity index is 1710. The molecule has 6 fully saturated rings. The summed E-state index contributed by atoms with van der Waals surface area (Å²) in [7, 11) is 0. The zero-order chi connectivity index (χ0) is 52.5. The van der Waals surface area contributed by atoms with Gasteiger partial charge in [-0.15, -0.1) is 0 Å². The zero-order valence-electron chi connectivity index (χ0n) is 38.6. The topological polar surface area (TPSA) is 483 Å². The number of hydrogen-bond acceptors (Lipinski definition) is 29. The molecule has 18 N–H and O–H groups in total. The van der Waals surface area contributed by atoms with Crippen LogP contribution in [0.3, 0.4) is 0 Å². The molecule has 6 saturated heterocycles. The third-order valence-corrected chi connectivity index (χ3v) is 13.1. The maximum absolute atomic E-state index is 13.1. The smallest absolute Gasteiger partial charge is 0.217 e. The lowest BCUT2D eigenvalue weighted by Gasteiger charge is -2.52. The van der Waals surface area contributed by atoms with Gasteiger partial charge in [0.15, 0.2) is 37.7 Å². The molecule has 0 aromatic carbocycles. The molecule has 0 saturated carbocycles. The first kappa shape index (κ1) is 58.1. The number of amides is 2. The van der Waals surface area contributed by atoms with E-state index in [0.29, 0.717) is 0 Å². The van der Waals surface area contributed by atoms with Gasteiger partial charge in [-0.25, -0.2) is 0 Å². The van der Waals surface area contributed by atoms with Gasteiger partial charge in [0, 0.05) is 13.8 Å². The van der Waals surface area contributed by atoms with Crippen LogP contribution in [0.5, 0.6) is 0 Å². The van der Waals surface area contributed by atoms with Crippen LogP contribution in [0.15, 0.2) is 0 Å². The van der Waals surface area contributed by atoms with Crippen molar-refractivity contribution in [1.82, 2.24) is 10.6 Å². The number of aliphatic hydroxyl groups excluding tert-OH is 16. The second-order valence-electron chi connectivity index (χ2n) is 18.2. The number of carbonyl (C=O) groups excluding carboxylic acids is 2. The van der Waals surface area contributed by atoms with Crippen LogP contribution in [0.25, 0.3) is 0 Å². The number of hydrogen-bond donors (Lipinski definition) is 18. The Morgan fingerprint density at radius 2 is 0.817 bits per heavy atom. The van der Waals surface area contributed by atoms with Gasteiger partial charge in [0.2, 0.25) is 11.8 Å². The predicted octanol–water partition coefficient (Wildman–Crippen LogP) is -11.8. The fraction of sp³-hybridized carbons (Fsp3) is 0.950. The molecule has 31 heteroatoms. The van der Waals surface area contributed by atoms with Crippen molar-refractivity contribution >= 4 is 11.8 Å². The van der Waals surface area contributed by atoms with Crippen molar-refractivity contribution in [1.29, 1.82) is 0 Å². The Labute approximate surface area is 403 Å². The molecule has 0 aromatic rings. The number of rotatable bonds is 16. The summed E-state index contributed by atoms with van der Waals surface area (Å²) in [4.78, 5) is 25.3. The number of carbonyl (C=O) groups is 2. The molecule has 6 aliphatic heterocycles. The summed E-state index contributed by atoms with van der Waals surface area (Å²) in [5.41, 5.74) is 0. The second-order valence-corrected chi connectivity index (χ2v) is 18.2. The minimum absolute atomic E-state index is 0.753. The third kappa shape index (κ3) is 12.6. The van der Waals surface area contributed by atoms with Crippen molar-refractivity contribution < 1.29 is 143 Å². The summed E-state index contributed by atoms with van der Waals surface area (Å²) >= 11 is 0. The molecule has 6 rings (SSSR count). The first-order chi connectivity index (χ1) is 33.4. The Morgan fingerprint density at radius 3 is 1.37 bits per heavy atom. The Hall–Kier alpha value is -2.14. The van der Waals surface area contributed by atoms with Crippen LogP contribution in [-0.4, -0.2) is 304 Å². The molecule has 31 nitrogen and oxygen atoms in total. The Kier molecular flexibility index (Phi) is 20.2. The van der Waals surface area contributed by atoms with Crippen LogP contribution in [-0.2, 0) is 61.7 Å². The van der Waals surface area contributed by atoms with Crippen molar-refractivity contribution in [2.75, 3.05) is 26.4 Å². The minimum Gasteiger partial charge on any atom is -0.394 e. The fourth-order valence-corrected chi connectivity index (χ4v) is 9.10. The summed E-state index contributed by atoms with van der Waals surface area (Å²) in [6.45, 7) is 1.01. The lowest BCUT2D eigenvalue weighted by molar-refractivity contribution is -0.392. The number of aliphatic hydroxyl groups is 16. The number of ether oxygens (including phenoxy) is 11. The molecule has 2 amide bonds. The van der Waals surface area contributed by atoms with Crippen molar-refractivity contribution in [3.63, 3.8) is 0 Å². The predicted molar refractivity (Wildman–Crippen MR) is 220 cm³/mol. The van der Waals surface area contributed by atoms with E-state index in [0.717, 1.165) is 13.8 Å². The normalized spacial score (nSPS) is 50.8. The molecular weight excluding hydrogens is 972 g/mol. The molecule has 1 unspecified atom stereocenters. The number of nitrogens with one attached hydrogen (secondary N) is 2. The molecule has 30 atom stereocenters. The van der Waals surface area contributed by atoms with Crippen LogP contribution in [0.2, 0.25) is 0 Å². The largest absolute Gasteiger partial charge is 0.394 e. The van der Waals surface area contributed by atoms with Gasteiger partial charge in [0.1, 0.15) is 134 Å². The Morgan fingerprint density at radius 1 is 0.394 bits per heavy atom. The van der Waals surface area contributed by atoms with Crippen LogP contribution in [0.1, 0.15) is 27.7 Å². The highest BCUT2D eigenvalue weighted by atomic mass is 16.8.